The number of nitro groups is 1. The Balaban J connectivity index is 2.54. The number of hydrogen-bond donors (Lipinski definition) is 2. The molecule has 0 saturated heterocycles. The molecule has 0 aliphatic carbocycles. The van der Waals surface area contributed by atoms with Crippen molar-refractivity contribution >= 4 is 17.6 Å². The second-order valence-corrected chi connectivity index (χ2v) is 4.03. The third-order valence-electron chi connectivity index (χ3n) is 2.73. The monoisotopic (exact) mass is 288 g/mol. The minimum absolute atomic E-state index is 0.0523. The molecule has 0 amide bonds. The van der Waals surface area contributed by atoms with Gasteiger partial charge in [-0.15, -0.1) is 0 Å². The van der Waals surface area contributed by atoms with Gasteiger partial charge in [0.2, 0.25) is 0 Å². The Bertz CT molecular complexity index is 739. The lowest BCUT2D eigenvalue weighted by Crippen LogP contribution is -2.01. The largest absolute Gasteiger partial charge is 0.478 e. The van der Waals surface area contributed by atoms with Crippen LogP contribution in [0.25, 0.3) is 11.3 Å². The minimum atomic E-state index is -1.28. The molecule has 8 heteroatoms. The van der Waals surface area contributed by atoms with Gasteiger partial charge < -0.3 is 10.2 Å². The normalized spacial score (nSPS) is 10.1. The Labute approximate surface area is 117 Å². The molecular formula is C13H8N2O6. The van der Waals surface area contributed by atoms with Gasteiger partial charge in [-0.2, -0.15) is 0 Å². The smallest absolute Gasteiger partial charge is 0.337 e. The first-order valence-electron chi connectivity index (χ1n) is 5.61. The molecule has 8 nitrogen and oxygen atoms in total. The van der Waals surface area contributed by atoms with E-state index in [1.807, 2.05) is 0 Å². The van der Waals surface area contributed by atoms with Crippen molar-refractivity contribution in [1.82, 2.24) is 4.98 Å². The van der Waals surface area contributed by atoms with Gasteiger partial charge in [-0.05, 0) is 24.3 Å². The molecular weight excluding hydrogens is 280 g/mol. The standard InChI is InChI=1S/C13H8N2O6/c16-12(17)7-1-3-9(11(5-7)15(20)21)10-4-2-8(6-14-10)13(18)19/h1-6H,(H,16,17)(H,18,19). The van der Waals surface area contributed by atoms with Gasteiger partial charge in [0.25, 0.3) is 5.69 Å². The van der Waals surface area contributed by atoms with Crippen molar-refractivity contribution in [1.29, 1.82) is 0 Å². The van der Waals surface area contributed by atoms with E-state index >= 15 is 0 Å². The molecule has 0 unspecified atom stereocenters. The van der Waals surface area contributed by atoms with E-state index in [1.54, 1.807) is 0 Å². The highest BCUT2D eigenvalue weighted by Gasteiger charge is 2.19. The molecule has 0 saturated carbocycles. The second-order valence-electron chi connectivity index (χ2n) is 4.03. The van der Waals surface area contributed by atoms with E-state index in [2.05, 4.69) is 4.98 Å². The summed E-state index contributed by atoms with van der Waals surface area (Å²) in [4.78, 5) is 35.7. The van der Waals surface area contributed by atoms with E-state index in [1.165, 1.54) is 24.3 Å². The summed E-state index contributed by atoms with van der Waals surface area (Å²) in [5.74, 6) is -2.44. The highest BCUT2D eigenvalue weighted by Crippen LogP contribution is 2.29. The number of rotatable bonds is 4. The fraction of sp³-hybridized carbons (Fsp3) is 0. The molecule has 2 aromatic rings. The van der Waals surface area contributed by atoms with Crippen molar-refractivity contribution in [2.24, 2.45) is 0 Å². The maximum Gasteiger partial charge on any atom is 0.337 e. The van der Waals surface area contributed by atoms with E-state index in [4.69, 9.17) is 10.2 Å². The summed E-state index contributed by atoms with van der Waals surface area (Å²) in [6.07, 6.45) is 1.08. The summed E-state index contributed by atoms with van der Waals surface area (Å²) in [5, 5.41) is 28.7. The molecule has 0 aliphatic heterocycles. The number of pyridine rings is 1. The molecule has 106 valence electrons. The molecule has 1 aromatic carbocycles. The molecule has 2 N–H and O–H groups in total. The van der Waals surface area contributed by atoms with Crippen LogP contribution >= 0.6 is 0 Å². The zero-order valence-corrected chi connectivity index (χ0v) is 10.4. The minimum Gasteiger partial charge on any atom is -0.478 e. The van der Waals surface area contributed by atoms with Crippen molar-refractivity contribution < 1.29 is 24.7 Å². The average molecular weight is 288 g/mol. The van der Waals surface area contributed by atoms with E-state index in [9.17, 15) is 19.7 Å². The van der Waals surface area contributed by atoms with Crippen LogP contribution in [0.4, 0.5) is 5.69 Å². The first-order valence-corrected chi connectivity index (χ1v) is 5.61. The van der Waals surface area contributed by atoms with Crippen LogP contribution in [-0.2, 0) is 0 Å². The average Bonchev–Trinajstić information content (AvgIpc) is 2.46. The number of carboxylic acid groups (broad SMARTS) is 2. The number of aromatic nitrogens is 1. The van der Waals surface area contributed by atoms with Gasteiger partial charge in [0.05, 0.1) is 27.3 Å². The fourth-order valence-electron chi connectivity index (χ4n) is 1.71. The molecule has 1 heterocycles. The van der Waals surface area contributed by atoms with Crippen LogP contribution in [0, 0.1) is 10.1 Å². The number of nitrogens with zero attached hydrogens (tertiary/aromatic N) is 2. The Morgan fingerprint density at radius 3 is 2.14 bits per heavy atom. The number of carbonyl (C=O) groups is 2. The van der Waals surface area contributed by atoms with Crippen LogP contribution in [0.15, 0.2) is 36.5 Å². The quantitative estimate of drug-likeness (QED) is 0.650. The van der Waals surface area contributed by atoms with E-state index in [0.29, 0.717) is 0 Å². The van der Waals surface area contributed by atoms with Crippen molar-refractivity contribution in [3.63, 3.8) is 0 Å². The van der Waals surface area contributed by atoms with E-state index in [0.717, 1.165) is 12.3 Å². The number of carboxylic acids is 2. The SMILES string of the molecule is O=C(O)c1ccc(-c2ccc(C(=O)O)cc2[N+](=O)[O-])nc1. The lowest BCUT2D eigenvalue weighted by Gasteiger charge is -2.04. The molecule has 0 fully saturated rings. The van der Waals surface area contributed by atoms with Crippen molar-refractivity contribution in [2.45, 2.75) is 0 Å². The van der Waals surface area contributed by atoms with Crippen LogP contribution in [0.1, 0.15) is 20.7 Å². The molecule has 21 heavy (non-hydrogen) atoms. The molecule has 0 radical (unpaired) electrons. The number of aromatic carboxylic acids is 2. The van der Waals surface area contributed by atoms with Gasteiger partial charge >= 0.3 is 11.9 Å². The summed E-state index contributed by atoms with van der Waals surface area (Å²) in [7, 11) is 0. The van der Waals surface area contributed by atoms with Crippen molar-refractivity contribution in [2.75, 3.05) is 0 Å². The lowest BCUT2D eigenvalue weighted by atomic mass is 10.1. The van der Waals surface area contributed by atoms with Crippen molar-refractivity contribution in [3.8, 4) is 11.3 Å². The topological polar surface area (TPSA) is 131 Å². The molecule has 0 aliphatic rings. The van der Waals surface area contributed by atoms with E-state index in [-0.39, 0.29) is 22.4 Å². The molecule has 0 bridgehead atoms. The Morgan fingerprint density at radius 1 is 1.05 bits per heavy atom. The Kier molecular flexibility index (Phi) is 3.61. The number of hydrogen-bond acceptors (Lipinski definition) is 5. The van der Waals surface area contributed by atoms with Crippen LogP contribution < -0.4 is 0 Å². The summed E-state index contributed by atoms with van der Waals surface area (Å²) in [6.45, 7) is 0. The molecule has 1 aromatic heterocycles. The Morgan fingerprint density at radius 2 is 1.67 bits per heavy atom. The van der Waals surface area contributed by atoms with Crippen LogP contribution in [0.3, 0.4) is 0 Å². The van der Waals surface area contributed by atoms with Crippen LogP contribution in [-0.4, -0.2) is 32.1 Å². The maximum atomic E-state index is 11.0. The zero-order valence-electron chi connectivity index (χ0n) is 10.4. The highest BCUT2D eigenvalue weighted by molar-refractivity contribution is 5.91. The van der Waals surface area contributed by atoms with Crippen molar-refractivity contribution in [3.05, 3.63) is 57.8 Å². The second kappa shape index (κ2) is 5.37. The predicted octanol–water partition coefficient (Wildman–Crippen LogP) is 2.05. The van der Waals surface area contributed by atoms with Gasteiger partial charge in [-0.25, -0.2) is 9.59 Å². The summed E-state index contributed by atoms with van der Waals surface area (Å²) >= 11 is 0. The van der Waals surface area contributed by atoms with Crippen LogP contribution in [0.5, 0.6) is 0 Å². The van der Waals surface area contributed by atoms with Crippen LogP contribution in [0.2, 0.25) is 0 Å². The first-order chi connectivity index (χ1) is 9.90. The third kappa shape index (κ3) is 2.84. The van der Waals surface area contributed by atoms with Gasteiger partial charge in [0.1, 0.15) is 0 Å². The lowest BCUT2D eigenvalue weighted by molar-refractivity contribution is -0.384. The zero-order chi connectivity index (χ0) is 15.6. The maximum absolute atomic E-state index is 11.0. The fourth-order valence-corrected chi connectivity index (χ4v) is 1.71. The number of nitro benzene ring substituents is 1. The summed E-state index contributed by atoms with van der Waals surface area (Å²) < 4.78 is 0. The van der Waals surface area contributed by atoms with Gasteiger partial charge in [-0.3, -0.25) is 15.1 Å². The molecule has 0 spiro atoms. The first kappa shape index (κ1) is 14.1. The summed E-state index contributed by atoms with van der Waals surface area (Å²) in [6, 6.07) is 6.01. The van der Waals surface area contributed by atoms with E-state index < -0.39 is 22.5 Å². The van der Waals surface area contributed by atoms with Gasteiger partial charge in [0, 0.05) is 12.3 Å². The number of benzene rings is 1. The van der Waals surface area contributed by atoms with Gasteiger partial charge in [0.15, 0.2) is 0 Å². The molecule has 0 atom stereocenters. The highest BCUT2D eigenvalue weighted by atomic mass is 16.6. The third-order valence-corrected chi connectivity index (χ3v) is 2.73. The Hall–Kier alpha value is -3.29. The summed E-state index contributed by atoms with van der Waals surface area (Å²) in [5.41, 5.74) is -0.382. The van der Waals surface area contributed by atoms with Gasteiger partial charge in [-0.1, -0.05) is 0 Å². The molecule has 2 rings (SSSR count). The predicted molar refractivity (Wildman–Crippen MR) is 70.2 cm³/mol.